The van der Waals surface area contributed by atoms with Crippen LogP contribution in [0.3, 0.4) is 0 Å². The van der Waals surface area contributed by atoms with E-state index in [4.69, 9.17) is 0 Å². The Labute approximate surface area is 165 Å². The van der Waals surface area contributed by atoms with Crippen LogP contribution in [0.25, 0.3) is 0 Å². The van der Waals surface area contributed by atoms with Gasteiger partial charge >= 0.3 is 0 Å². The molecule has 0 heterocycles. The summed E-state index contributed by atoms with van der Waals surface area (Å²) in [6.07, 6.45) is 13.1. The van der Waals surface area contributed by atoms with Gasteiger partial charge in [-0.05, 0) is 18.4 Å². The predicted octanol–water partition coefficient (Wildman–Crippen LogP) is 8.58. The molecular formula is C25H46O. The molecule has 0 saturated heterocycles. The molecule has 1 fully saturated rings. The van der Waals surface area contributed by atoms with Crippen molar-refractivity contribution in [2.24, 2.45) is 5.92 Å². The van der Waals surface area contributed by atoms with E-state index in [1.807, 2.05) is 51.1 Å². The zero-order valence-electron chi connectivity index (χ0n) is 18.8. The molecule has 1 aliphatic rings. The third-order valence-electron chi connectivity index (χ3n) is 4.54. The molecule has 26 heavy (non-hydrogen) atoms. The second kappa shape index (κ2) is 20.2. The zero-order chi connectivity index (χ0) is 20.2. The lowest BCUT2D eigenvalue weighted by Crippen LogP contribution is -2.03. The van der Waals surface area contributed by atoms with Crippen molar-refractivity contribution in [2.75, 3.05) is 0 Å². The Morgan fingerprint density at radius 2 is 1.31 bits per heavy atom. The van der Waals surface area contributed by atoms with Crippen LogP contribution in [-0.4, -0.2) is 5.78 Å². The van der Waals surface area contributed by atoms with Crippen LogP contribution in [0.15, 0.2) is 30.3 Å². The van der Waals surface area contributed by atoms with E-state index in [0.717, 1.165) is 11.5 Å². The van der Waals surface area contributed by atoms with Crippen LogP contribution in [0.5, 0.6) is 0 Å². The molecule has 1 aromatic rings. The normalized spacial score (nSPS) is 13.8. The topological polar surface area (TPSA) is 17.1 Å². The Balaban J connectivity index is 0. The van der Waals surface area contributed by atoms with Gasteiger partial charge in [0.2, 0.25) is 0 Å². The summed E-state index contributed by atoms with van der Waals surface area (Å²) >= 11 is 0. The number of Topliss-reactive ketones (excluding diaryl/α,β-unsaturated/α-hetero) is 1. The van der Waals surface area contributed by atoms with Crippen LogP contribution in [0, 0.1) is 5.92 Å². The van der Waals surface area contributed by atoms with Crippen LogP contribution < -0.4 is 0 Å². The van der Waals surface area contributed by atoms with Gasteiger partial charge in [0.25, 0.3) is 0 Å². The fraction of sp³-hybridized carbons (Fsp3) is 0.720. The molecule has 1 saturated carbocycles. The van der Waals surface area contributed by atoms with Crippen LogP contribution in [0.2, 0.25) is 0 Å². The number of benzene rings is 1. The molecule has 0 unspecified atom stereocenters. The standard InChI is InChI=1S/C10H12O.C7H16.C6H12.C2H6/c1-8(9(2)11)10-6-4-3-5-7-10;1-4-5-6-7(2)3;1-2-4-6-5-3-1;1-2/h3-8H,1-2H3;7H,4-6H2,1-3H3;1-6H2;1-2H3/t8-;;;/m1.../s1. The SMILES string of the molecule is C1CCCCC1.CC.CC(=O)[C@@H](C)c1ccccc1.CCCCC(C)C. The molecule has 2 rings (SSSR count). The number of carbonyl (C=O) groups excluding carboxylic acids is 1. The van der Waals surface area contributed by atoms with Gasteiger partial charge in [-0.25, -0.2) is 0 Å². The van der Waals surface area contributed by atoms with Gasteiger partial charge in [-0.1, -0.05) is 130 Å². The van der Waals surface area contributed by atoms with Crippen molar-refractivity contribution < 1.29 is 4.79 Å². The van der Waals surface area contributed by atoms with Gasteiger partial charge in [-0.15, -0.1) is 0 Å². The van der Waals surface area contributed by atoms with Gasteiger partial charge in [0.1, 0.15) is 5.78 Å². The minimum absolute atomic E-state index is 0.0381. The molecule has 0 aliphatic heterocycles. The molecular weight excluding hydrogens is 316 g/mol. The highest BCUT2D eigenvalue weighted by atomic mass is 16.1. The molecule has 0 N–H and O–H groups in total. The van der Waals surface area contributed by atoms with Crippen LogP contribution >= 0.6 is 0 Å². The van der Waals surface area contributed by atoms with E-state index in [0.29, 0.717) is 0 Å². The molecule has 0 aromatic heterocycles. The fourth-order valence-electron chi connectivity index (χ4n) is 2.65. The second-order valence-electron chi connectivity index (χ2n) is 7.40. The van der Waals surface area contributed by atoms with Crippen molar-refractivity contribution in [3.63, 3.8) is 0 Å². The molecule has 152 valence electrons. The lowest BCUT2D eigenvalue weighted by Gasteiger charge is -2.05. The van der Waals surface area contributed by atoms with Gasteiger partial charge in [0.05, 0.1) is 0 Å². The monoisotopic (exact) mass is 362 g/mol. The number of hydrogen-bond donors (Lipinski definition) is 0. The maximum atomic E-state index is 10.9. The fourth-order valence-corrected chi connectivity index (χ4v) is 2.65. The van der Waals surface area contributed by atoms with E-state index in [9.17, 15) is 4.79 Å². The van der Waals surface area contributed by atoms with Crippen LogP contribution in [0.1, 0.15) is 118 Å². The third kappa shape index (κ3) is 17.7. The first-order valence-electron chi connectivity index (χ1n) is 11.0. The molecule has 1 aliphatic carbocycles. The number of hydrogen-bond acceptors (Lipinski definition) is 1. The predicted molar refractivity (Wildman–Crippen MR) is 119 cm³/mol. The van der Waals surface area contributed by atoms with Crippen molar-refractivity contribution in [2.45, 2.75) is 112 Å². The van der Waals surface area contributed by atoms with Crippen molar-refractivity contribution >= 4 is 5.78 Å². The molecule has 0 radical (unpaired) electrons. The third-order valence-corrected chi connectivity index (χ3v) is 4.54. The highest BCUT2D eigenvalue weighted by Gasteiger charge is 2.08. The Morgan fingerprint density at radius 1 is 0.885 bits per heavy atom. The summed E-state index contributed by atoms with van der Waals surface area (Å²) in [6, 6.07) is 9.82. The summed E-state index contributed by atoms with van der Waals surface area (Å²) in [4.78, 5) is 10.9. The first-order chi connectivity index (χ1) is 12.5. The highest BCUT2D eigenvalue weighted by Crippen LogP contribution is 2.15. The molecule has 1 atom stereocenters. The van der Waals surface area contributed by atoms with Crippen molar-refractivity contribution in [3.05, 3.63) is 35.9 Å². The average molecular weight is 363 g/mol. The minimum atomic E-state index is 0.0381. The van der Waals surface area contributed by atoms with E-state index < -0.39 is 0 Å². The van der Waals surface area contributed by atoms with E-state index in [-0.39, 0.29) is 11.7 Å². The van der Waals surface area contributed by atoms with E-state index in [1.54, 1.807) is 6.92 Å². The average Bonchev–Trinajstić information content (AvgIpc) is 2.70. The van der Waals surface area contributed by atoms with Crippen molar-refractivity contribution in [3.8, 4) is 0 Å². The van der Waals surface area contributed by atoms with Gasteiger partial charge in [-0.2, -0.15) is 0 Å². The smallest absolute Gasteiger partial charge is 0.136 e. The van der Waals surface area contributed by atoms with Crippen LogP contribution in [0.4, 0.5) is 0 Å². The summed E-state index contributed by atoms with van der Waals surface area (Å²) in [5.74, 6) is 1.16. The zero-order valence-corrected chi connectivity index (χ0v) is 18.8. The van der Waals surface area contributed by atoms with Gasteiger partial charge in [0.15, 0.2) is 0 Å². The first-order valence-corrected chi connectivity index (χ1v) is 11.0. The van der Waals surface area contributed by atoms with Gasteiger partial charge < -0.3 is 0 Å². The largest absolute Gasteiger partial charge is 0.299 e. The highest BCUT2D eigenvalue weighted by molar-refractivity contribution is 5.82. The number of rotatable bonds is 5. The first kappa shape index (κ1) is 27.1. The molecule has 1 aromatic carbocycles. The quantitative estimate of drug-likeness (QED) is 0.512. The molecule has 0 amide bonds. The summed E-state index contributed by atoms with van der Waals surface area (Å²) in [5.41, 5.74) is 1.10. The lowest BCUT2D eigenvalue weighted by atomic mass is 9.98. The number of ketones is 1. The Morgan fingerprint density at radius 3 is 1.58 bits per heavy atom. The molecule has 0 bridgehead atoms. The Kier molecular flexibility index (Phi) is 21.1. The van der Waals surface area contributed by atoms with Crippen molar-refractivity contribution in [1.82, 2.24) is 0 Å². The van der Waals surface area contributed by atoms with E-state index >= 15 is 0 Å². The maximum absolute atomic E-state index is 10.9. The number of unbranched alkanes of at least 4 members (excludes halogenated alkanes) is 1. The lowest BCUT2D eigenvalue weighted by molar-refractivity contribution is -0.118. The second-order valence-corrected chi connectivity index (χ2v) is 7.40. The molecule has 1 heteroatoms. The Hall–Kier alpha value is -1.11. The minimum Gasteiger partial charge on any atom is -0.299 e. The van der Waals surface area contributed by atoms with Crippen LogP contribution in [-0.2, 0) is 4.79 Å². The number of carbonyl (C=O) groups is 1. The summed E-state index contributed by atoms with van der Waals surface area (Å²) in [7, 11) is 0. The summed E-state index contributed by atoms with van der Waals surface area (Å²) in [6.45, 7) is 14.3. The van der Waals surface area contributed by atoms with Crippen molar-refractivity contribution in [1.29, 1.82) is 0 Å². The van der Waals surface area contributed by atoms with E-state index in [2.05, 4.69) is 20.8 Å². The molecule has 1 nitrogen and oxygen atoms in total. The summed E-state index contributed by atoms with van der Waals surface area (Å²) < 4.78 is 0. The maximum Gasteiger partial charge on any atom is 0.136 e. The van der Waals surface area contributed by atoms with Gasteiger partial charge in [0, 0.05) is 5.92 Å². The van der Waals surface area contributed by atoms with Gasteiger partial charge in [-0.3, -0.25) is 4.79 Å². The molecule has 0 spiro atoms. The Bertz CT molecular complexity index is 378. The van der Waals surface area contributed by atoms with E-state index in [1.165, 1.54) is 57.8 Å². The summed E-state index contributed by atoms with van der Waals surface area (Å²) in [5, 5.41) is 0.